The summed E-state index contributed by atoms with van der Waals surface area (Å²) < 4.78 is 38.9. The number of hydrogen-bond donors (Lipinski definition) is 0. The molecule has 124 valence electrons. The summed E-state index contributed by atoms with van der Waals surface area (Å²) >= 11 is 0. The van der Waals surface area contributed by atoms with Gasteiger partial charge in [-0.15, -0.1) is 0 Å². The number of anilines is 1. The van der Waals surface area contributed by atoms with Crippen LogP contribution in [0.5, 0.6) is 0 Å². The van der Waals surface area contributed by atoms with Gasteiger partial charge in [-0.2, -0.15) is 18.3 Å². The van der Waals surface area contributed by atoms with Crippen LogP contribution in [0.15, 0.2) is 18.3 Å². The van der Waals surface area contributed by atoms with Crippen LogP contribution in [-0.2, 0) is 6.42 Å². The Balaban J connectivity index is 1.62. The van der Waals surface area contributed by atoms with Crippen molar-refractivity contribution >= 4 is 5.95 Å². The number of rotatable bonds is 4. The predicted octanol–water partition coefficient (Wildman–Crippen LogP) is 2.85. The number of halogens is 3. The normalized spacial score (nSPS) is 15.8. The Morgan fingerprint density at radius 2 is 2.00 bits per heavy atom. The van der Waals surface area contributed by atoms with E-state index >= 15 is 0 Å². The van der Waals surface area contributed by atoms with Crippen molar-refractivity contribution in [3.05, 3.63) is 35.4 Å². The second-order valence-corrected chi connectivity index (χ2v) is 5.89. The summed E-state index contributed by atoms with van der Waals surface area (Å²) in [4.78, 5) is 10.4. The minimum Gasteiger partial charge on any atom is -0.336 e. The molecule has 1 aliphatic heterocycles. The molecule has 2 aromatic heterocycles. The van der Waals surface area contributed by atoms with E-state index in [9.17, 15) is 13.2 Å². The first-order valence-electron chi connectivity index (χ1n) is 7.48. The van der Waals surface area contributed by atoms with Gasteiger partial charge in [-0.3, -0.25) is 4.68 Å². The van der Waals surface area contributed by atoms with Gasteiger partial charge in [0.2, 0.25) is 5.95 Å². The van der Waals surface area contributed by atoms with E-state index in [1.54, 1.807) is 0 Å². The van der Waals surface area contributed by atoms with Gasteiger partial charge in [0, 0.05) is 37.1 Å². The molecule has 0 radical (unpaired) electrons. The third-order valence-electron chi connectivity index (χ3n) is 3.90. The second-order valence-electron chi connectivity index (χ2n) is 5.89. The first kappa shape index (κ1) is 15.8. The maximum Gasteiger partial charge on any atom is 0.389 e. The molecule has 0 bridgehead atoms. The second kappa shape index (κ2) is 5.82. The maximum absolute atomic E-state index is 12.3. The zero-order valence-electron chi connectivity index (χ0n) is 13.0. The maximum atomic E-state index is 12.3. The van der Waals surface area contributed by atoms with E-state index < -0.39 is 12.6 Å². The molecule has 3 heterocycles. The van der Waals surface area contributed by atoms with E-state index in [0.29, 0.717) is 24.7 Å². The number of aromatic nitrogens is 4. The highest BCUT2D eigenvalue weighted by molar-refractivity contribution is 5.35. The standard InChI is InChI=1S/C15H18F3N5/c1-10-7-11(2)23(21-10)13-8-22(9-13)14-19-6-4-12(20-14)3-5-15(16,17)18/h4,6-7,13H,3,5,8-9H2,1-2H3. The van der Waals surface area contributed by atoms with E-state index in [1.807, 2.05) is 29.5 Å². The van der Waals surface area contributed by atoms with Crippen molar-refractivity contribution in [2.75, 3.05) is 18.0 Å². The van der Waals surface area contributed by atoms with Crippen molar-refractivity contribution in [2.45, 2.75) is 38.9 Å². The zero-order valence-corrected chi connectivity index (χ0v) is 13.0. The molecule has 1 aliphatic rings. The summed E-state index contributed by atoms with van der Waals surface area (Å²) in [6.45, 7) is 5.39. The monoisotopic (exact) mass is 325 g/mol. The average molecular weight is 325 g/mol. The molecule has 1 fully saturated rings. The molecular weight excluding hydrogens is 307 g/mol. The fraction of sp³-hybridized carbons (Fsp3) is 0.533. The van der Waals surface area contributed by atoms with Crippen LogP contribution in [0.2, 0.25) is 0 Å². The van der Waals surface area contributed by atoms with E-state index in [1.165, 1.54) is 12.3 Å². The summed E-state index contributed by atoms with van der Waals surface area (Å²) in [6, 6.07) is 3.82. The van der Waals surface area contributed by atoms with Crippen LogP contribution in [0.1, 0.15) is 29.5 Å². The van der Waals surface area contributed by atoms with Crippen molar-refractivity contribution < 1.29 is 13.2 Å². The van der Waals surface area contributed by atoms with Crippen molar-refractivity contribution in [3.63, 3.8) is 0 Å². The van der Waals surface area contributed by atoms with E-state index in [2.05, 4.69) is 15.1 Å². The first-order chi connectivity index (χ1) is 10.8. The Morgan fingerprint density at radius 3 is 2.61 bits per heavy atom. The number of aryl methyl sites for hydroxylation is 3. The Hall–Kier alpha value is -2.12. The lowest BCUT2D eigenvalue weighted by Crippen LogP contribution is -2.49. The van der Waals surface area contributed by atoms with Crippen molar-refractivity contribution in [1.82, 2.24) is 19.7 Å². The molecule has 2 aromatic rings. The number of alkyl halides is 3. The lowest BCUT2D eigenvalue weighted by molar-refractivity contribution is -0.134. The van der Waals surface area contributed by atoms with Gasteiger partial charge >= 0.3 is 6.18 Å². The summed E-state index contributed by atoms with van der Waals surface area (Å²) in [6.07, 6.45) is -3.63. The minimum atomic E-state index is -4.16. The summed E-state index contributed by atoms with van der Waals surface area (Å²) in [5, 5.41) is 4.46. The Kier molecular flexibility index (Phi) is 3.99. The van der Waals surface area contributed by atoms with Crippen LogP contribution in [-0.4, -0.2) is 39.0 Å². The lowest BCUT2D eigenvalue weighted by Gasteiger charge is -2.39. The van der Waals surface area contributed by atoms with Crippen LogP contribution in [0.25, 0.3) is 0 Å². The molecular formula is C15H18F3N5. The quantitative estimate of drug-likeness (QED) is 0.867. The minimum absolute atomic E-state index is 0.117. The number of hydrogen-bond acceptors (Lipinski definition) is 4. The van der Waals surface area contributed by atoms with Gasteiger partial charge in [0.1, 0.15) is 0 Å². The van der Waals surface area contributed by atoms with E-state index in [0.717, 1.165) is 11.4 Å². The first-order valence-corrected chi connectivity index (χ1v) is 7.48. The van der Waals surface area contributed by atoms with Crippen molar-refractivity contribution in [1.29, 1.82) is 0 Å². The SMILES string of the molecule is Cc1cc(C)n(C2CN(c3nccc(CCC(F)(F)F)n3)C2)n1. The molecule has 3 rings (SSSR count). The van der Waals surface area contributed by atoms with Gasteiger partial charge in [-0.25, -0.2) is 9.97 Å². The highest BCUT2D eigenvalue weighted by atomic mass is 19.4. The Morgan fingerprint density at radius 1 is 1.26 bits per heavy atom. The average Bonchev–Trinajstić information content (AvgIpc) is 2.74. The summed E-state index contributed by atoms with van der Waals surface area (Å²) in [5.41, 5.74) is 2.50. The summed E-state index contributed by atoms with van der Waals surface area (Å²) in [7, 11) is 0. The van der Waals surface area contributed by atoms with Gasteiger partial charge < -0.3 is 4.90 Å². The third-order valence-corrected chi connectivity index (χ3v) is 3.90. The van der Waals surface area contributed by atoms with Crippen LogP contribution < -0.4 is 4.90 Å². The fourth-order valence-electron chi connectivity index (χ4n) is 2.73. The third kappa shape index (κ3) is 3.62. The van der Waals surface area contributed by atoms with Gasteiger partial charge in [0.25, 0.3) is 0 Å². The molecule has 0 atom stereocenters. The fourth-order valence-corrected chi connectivity index (χ4v) is 2.73. The molecule has 23 heavy (non-hydrogen) atoms. The van der Waals surface area contributed by atoms with Gasteiger partial charge in [-0.05, 0) is 32.4 Å². The molecule has 0 amide bonds. The molecule has 0 unspecified atom stereocenters. The largest absolute Gasteiger partial charge is 0.389 e. The molecule has 8 heteroatoms. The highest BCUT2D eigenvalue weighted by Crippen LogP contribution is 2.27. The predicted molar refractivity (Wildman–Crippen MR) is 79.4 cm³/mol. The topological polar surface area (TPSA) is 46.8 Å². The zero-order chi connectivity index (χ0) is 16.6. The Labute approximate surface area is 132 Å². The van der Waals surface area contributed by atoms with Crippen molar-refractivity contribution in [3.8, 4) is 0 Å². The summed E-state index contributed by atoms with van der Waals surface area (Å²) in [5.74, 6) is 0.488. The molecule has 0 spiro atoms. The van der Waals surface area contributed by atoms with Gasteiger partial charge in [0.15, 0.2) is 0 Å². The molecule has 5 nitrogen and oxygen atoms in total. The van der Waals surface area contributed by atoms with Crippen LogP contribution in [0.3, 0.4) is 0 Å². The van der Waals surface area contributed by atoms with E-state index in [4.69, 9.17) is 0 Å². The molecule has 0 aliphatic carbocycles. The molecule has 0 saturated carbocycles. The molecule has 0 N–H and O–H groups in total. The van der Waals surface area contributed by atoms with Gasteiger partial charge in [0.05, 0.1) is 11.7 Å². The molecule has 0 aromatic carbocycles. The molecule has 1 saturated heterocycles. The van der Waals surface area contributed by atoms with Crippen LogP contribution in [0, 0.1) is 13.8 Å². The van der Waals surface area contributed by atoms with Crippen LogP contribution in [0.4, 0.5) is 19.1 Å². The Bertz CT molecular complexity index is 689. The van der Waals surface area contributed by atoms with E-state index in [-0.39, 0.29) is 12.5 Å². The van der Waals surface area contributed by atoms with Gasteiger partial charge in [-0.1, -0.05) is 0 Å². The van der Waals surface area contributed by atoms with Crippen LogP contribution >= 0.6 is 0 Å². The highest BCUT2D eigenvalue weighted by Gasteiger charge is 2.32. The van der Waals surface area contributed by atoms with Crippen molar-refractivity contribution in [2.24, 2.45) is 0 Å². The lowest BCUT2D eigenvalue weighted by atomic mass is 10.1. The number of nitrogens with zero attached hydrogens (tertiary/aromatic N) is 5. The smallest absolute Gasteiger partial charge is 0.336 e.